The number of ether oxygens (including phenoxy) is 1. The molecule has 108 valence electrons. The van der Waals surface area contributed by atoms with Gasteiger partial charge in [0.1, 0.15) is 5.75 Å². The minimum absolute atomic E-state index is 0.779. The summed E-state index contributed by atoms with van der Waals surface area (Å²) in [7, 11) is 1.75. The minimum Gasteiger partial charge on any atom is -0.496 e. The van der Waals surface area contributed by atoms with E-state index in [1.165, 1.54) is 36.0 Å². The summed E-state index contributed by atoms with van der Waals surface area (Å²) in [5, 5.41) is 3.39. The second kappa shape index (κ2) is 8.21. The normalized spacial score (nSPS) is 12.5. The van der Waals surface area contributed by atoms with Gasteiger partial charge in [-0.1, -0.05) is 26.0 Å². The predicted octanol–water partition coefficient (Wildman–Crippen LogP) is 3.88. The third-order valence-electron chi connectivity index (χ3n) is 3.71. The molecular weight excluding hydrogens is 234 g/mol. The van der Waals surface area contributed by atoms with Gasteiger partial charge in [-0.05, 0) is 68.8 Å². The molecule has 0 spiro atoms. The highest BCUT2D eigenvalue weighted by Gasteiger charge is 2.07. The van der Waals surface area contributed by atoms with Gasteiger partial charge in [-0.25, -0.2) is 0 Å². The molecule has 1 unspecified atom stereocenters. The number of rotatable bonds is 8. The Balaban J connectivity index is 2.49. The number of hydrogen-bond acceptors (Lipinski definition) is 2. The van der Waals surface area contributed by atoms with Crippen LogP contribution in [0.1, 0.15) is 43.4 Å². The molecule has 2 heteroatoms. The topological polar surface area (TPSA) is 21.3 Å². The van der Waals surface area contributed by atoms with Crippen LogP contribution in [0.2, 0.25) is 0 Å². The first-order valence-corrected chi connectivity index (χ1v) is 7.43. The lowest BCUT2D eigenvalue weighted by molar-refractivity contribution is 0.408. The van der Waals surface area contributed by atoms with Crippen LogP contribution in [0, 0.1) is 19.8 Å². The van der Waals surface area contributed by atoms with Crippen LogP contribution in [0.5, 0.6) is 5.75 Å². The quantitative estimate of drug-likeness (QED) is 0.719. The summed E-state index contributed by atoms with van der Waals surface area (Å²) >= 11 is 0. The molecule has 1 aromatic rings. The first-order chi connectivity index (χ1) is 9.08. The highest BCUT2D eigenvalue weighted by Crippen LogP contribution is 2.25. The van der Waals surface area contributed by atoms with Crippen LogP contribution < -0.4 is 10.1 Å². The predicted molar refractivity (Wildman–Crippen MR) is 83.1 cm³/mol. The van der Waals surface area contributed by atoms with E-state index in [9.17, 15) is 0 Å². The van der Waals surface area contributed by atoms with Gasteiger partial charge in [0.05, 0.1) is 7.11 Å². The van der Waals surface area contributed by atoms with Crippen LogP contribution in [-0.4, -0.2) is 20.2 Å². The maximum absolute atomic E-state index is 5.41. The molecule has 0 heterocycles. The van der Waals surface area contributed by atoms with E-state index in [2.05, 4.69) is 45.1 Å². The van der Waals surface area contributed by atoms with Crippen molar-refractivity contribution in [2.45, 2.75) is 47.0 Å². The number of nitrogens with one attached hydrogen (secondary N) is 1. The van der Waals surface area contributed by atoms with E-state index in [1.54, 1.807) is 7.11 Å². The number of aryl methyl sites for hydroxylation is 3. The molecule has 0 aliphatic carbocycles. The van der Waals surface area contributed by atoms with E-state index in [-0.39, 0.29) is 0 Å². The van der Waals surface area contributed by atoms with Gasteiger partial charge in [0.15, 0.2) is 0 Å². The van der Waals surface area contributed by atoms with E-state index >= 15 is 0 Å². The molecule has 19 heavy (non-hydrogen) atoms. The number of benzene rings is 1. The Morgan fingerprint density at radius 3 is 2.32 bits per heavy atom. The Morgan fingerprint density at radius 1 is 1.16 bits per heavy atom. The molecule has 1 aromatic carbocycles. The van der Waals surface area contributed by atoms with Crippen molar-refractivity contribution >= 4 is 0 Å². The van der Waals surface area contributed by atoms with Gasteiger partial charge in [-0.3, -0.25) is 0 Å². The van der Waals surface area contributed by atoms with Gasteiger partial charge in [-0.2, -0.15) is 0 Å². The summed E-state index contributed by atoms with van der Waals surface area (Å²) in [5.74, 6) is 1.81. The van der Waals surface area contributed by atoms with Gasteiger partial charge in [0.2, 0.25) is 0 Å². The monoisotopic (exact) mass is 263 g/mol. The molecule has 0 aliphatic heterocycles. The smallest absolute Gasteiger partial charge is 0.124 e. The zero-order chi connectivity index (χ0) is 14.3. The molecule has 1 atom stereocenters. The minimum atomic E-state index is 0.779. The Labute approximate surface area is 118 Å². The third-order valence-corrected chi connectivity index (χ3v) is 3.71. The summed E-state index contributed by atoms with van der Waals surface area (Å²) in [5.41, 5.74) is 3.93. The fraction of sp³-hybridized carbons (Fsp3) is 0.647. The molecule has 0 radical (unpaired) electrons. The Kier molecular flexibility index (Phi) is 6.93. The molecule has 0 bridgehead atoms. The van der Waals surface area contributed by atoms with Crippen LogP contribution in [-0.2, 0) is 6.42 Å². The Hall–Kier alpha value is -1.02. The van der Waals surface area contributed by atoms with Gasteiger partial charge >= 0.3 is 0 Å². The molecule has 1 rings (SSSR count). The van der Waals surface area contributed by atoms with Crippen molar-refractivity contribution in [3.05, 3.63) is 28.8 Å². The van der Waals surface area contributed by atoms with Crippen molar-refractivity contribution in [3.63, 3.8) is 0 Å². The molecule has 0 aliphatic rings. The van der Waals surface area contributed by atoms with Crippen LogP contribution >= 0.6 is 0 Å². The summed E-state index contributed by atoms with van der Waals surface area (Å²) in [4.78, 5) is 0. The Morgan fingerprint density at radius 2 is 1.79 bits per heavy atom. The molecule has 0 fully saturated rings. The molecule has 0 saturated heterocycles. The number of hydrogen-bond donors (Lipinski definition) is 1. The summed E-state index contributed by atoms with van der Waals surface area (Å²) in [6, 6.07) is 4.53. The molecule has 2 nitrogen and oxygen atoms in total. The highest BCUT2D eigenvalue weighted by atomic mass is 16.5. The van der Waals surface area contributed by atoms with Crippen molar-refractivity contribution in [3.8, 4) is 5.75 Å². The fourth-order valence-electron chi connectivity index (χ4n) is 2.59. The average molecular weight is 263 g/mol. The van der Waals surface area contributed by atoms with Crippen LogP contribution in [0.15, 0.2) is 12.1 Å². The molecule has 0 aromatic heterocycles. The molecule has 0 amide bonds. The summed E-state index contributed by atoms with van der Waals surface area (Å²) in [6.07, 6.45) is 3.69. The van der Waals surface area contributed by atoms with Crippen molar-refractivity contribution in [2.75, 3.05) is 20.2 Å². The SMILES string of the molecule is CCNCCC(C)CCc1cc(C)c(OC)c(C)c1. The van der Waals surface area contributed by atoms with Gasteiger partial charge < -0.3 is 10.1 Å². The van der Waals surface area contributed by atoms with Crippen molar-refractivity contribution in [1.82, 2.24) is 5.32 Å². The second-order valence-electron chi connectivity index (χ2n) is 5.55. The van der Waals surface area contributed by atoms with E-state index in [0.29, 0.717) is 0 Å². The molecular formula is C17H29NO. The second-order valence-corrected chi connectivity index (χ2v) is 5.55. The number of methoxy groups -OCH3 is 1. The van der Waals surface area contributed by atoms with E-state index in [1.807, 2.05) is 0 Å². The van der Waals surface area contributed by atoms with Crippen molar-refractivity contribution in [2.24, 2.45) is 5.92 Å². The molecule has 0 saturated carbocycles. The summed E-state index contributed by atoms with van der Waals surface area (Å²) in [6.45, 7) is 11.0. The van der Waals surface area contributed by atoms with E-state index in [4.69, 9.17) is 4.74 Å². The van der Waals surface area contributed by atoms with E-state index < -0.39 is 0 Å². The van der Waals surface area contributed by atoms with Gasteiger partial charge in [-0.15, -0.1) is 0 Å². The van der Waals surface area contributed by atoms with Crippen LogP contribution in [0.25, 0.3) is 0 Å². The fourth-order valence-corrected chi connectivity index (χ4v) is 2.59. The zero-order valence-electron chi connectivity index (χ0n) is 13.2. The maximum atomic E-state index is 5.41. The Bertz CT molecular complexity index is 364. The molecule has 1 N–H and O–H groups in total. The lowest BCUT2D eigenvalue weighted by atomic mass is 9.96. The first kappa shape index (κ1) is 16.0. The van der Waals surface area contributed by atoms with E-state index in [0.717, 1.165) is 24.8 Å². The largest absolute Gasteiger partial charge is 0.496 e. The van der Waals surface area contributed by atoms with Crippen molar-refractivity contribution < 1.29 is 4.74 Å². The lowest BCUT2D eigenvalue weighted by Crippen LogP contribution is -2.16. The van der Waals surface area contributed by atoms with Crippen molar-refractivity contribution in [1.29, 1.82) is 0 Å². The van der Waals surface area contributed by atoms with Gasteiger partial charge in [0.25, 0.3) is 0 Å². The lowest BCUT2D eigenvalue weighted by Gasteiger charge is -2.14. The zero-order valence-corrected chi connectivity index (χ0v) is 13.2. The summed E-state index contributed by atoms with van der Waals surface area (Å²) < 4.78 is 5.41. The van der Waals surface area contributed by atoms with Crippen LogP contribution in [0.3, 0.4) is 0 Å². The average Bonchev–Trinajstić information content (AvgIpc) is 2.36. The standard InChI is InChI=1S/C17H29NO/c1-6-18-10-9-13(2)7-8-16-11-14(3)17(19-5)15(4)12-16/h11-13,18H,6-10H2,1-5H3. The maximum Gasteiger partial charge on any atom is 0.124 e. The van der Waals surface area contributed by atoms with Crippen LogP contribution in [0.4, 0.5) is 0 Å². The third kappa shape index (κ3) is 5.23. The highest BCUT2D eigenvalue weighted by molar-refractivity contribution is 5.43. The van der Waals surface area contributed by atoms with Gasteiger partial charge in [0, 0.05) is 0 Å². The first-order valence-electron chi connectivity index (χ1n) is 7.43.